The van der Waals surface area contributed by atoms with Crippen LogP contribution in [0.1, 0.15) is 48.9 Å². The lowest BCUT2D eigenvalue weighted by molar-refractivity contribution is -0.143. The van der Waals surface area contributed by atoms with Crippen molar-refractivity contribution in [2.75, 3.05) is 12.4 Å². The van der Waals surface area contributed by atoms with Crippen LogP contribution in [0.5, 0.6) is 0 Å². The zero-order chi connectivity index (χ0) is 33.6. The maximum absolute atomic E-state index is 14.2. The molecule has 4 aromatic rings. The Labute approximate surface area is 266 Å². The van der Waals surface area contributed by atoms with Crippen molar-refractivity contribution < 1.29 is 37.0 Å². The van der Waals surface area contributed by atoms with Crippen LogP contribution in [-0.2, 0) is 24.3 Å². The molecule has 10 nitrogen and oxygen atoms in total. The van der Waals surface area contributed by atoms with Gasteiger partial charge in [0.2, 0.25) is 10.0 Å². The highest BCUT2D eigenvalue weighted by atomic mass is 32.2. The van der Waals surface area contributed by atoms with E-state index in [2.05, 4.69) is 10.1 Å². The number of nitrogens with zero attached hydrogens (tertiary/aromatic N) is 1. The highest BCUT2D eigenvalue weighted by Crippen LogP contribution is 2.43. The number of anilines is 1. The fourth-order valence-electron chi connectivity index (χ4n) is 5.09. The number of ether oxygens (including phenoxy) is 1. The third-order valence-electron chi connectivity index (χ3n) is 7.08. The summed E-state index contributed by atoms with van der Waals surface area (Å²) in [4.78, 5) is 38.5. The first-order valence-corrected chi connectivity index (χ1v) is 15.8. The van der Waals surface area contributed by atoms with Crippen LogP contribution < -0.4 is 10.5 Å². The van der Waals surface area contributed by atoms with Gasteiger partial charge in [0.25, 0.3) is 5.91 Å². The van der Waals surface area contributed by atoms with Gasteiger partial charge in [0.05, 0.1) is 30.2 Å². The number of amides is 1. The van der Waals surface area contributed by atoms with E-state index in [0.29, 0.717) is 27.9 Å². The summed E-state index contributed by atoms with van der Waals surface area (Å²) in [6.45, 7) is 3.70. The second-order valence-corrected chi connectivity index (χ2v) is 12.3. The average Bonchev–Trinajstić information content (AvgIpc) is 3.36. The minimum absolute atomic E-state index is 0.183. The fraction of sp³-hybridized carbons (Fsp3) is 0.206. The van der Waals surface area contributed by atoms with Crippen LogP contribution in [0.2, 0.25) is 0 Å². The first-order chi connectivity index (χ1) is 21.8. The van der Waals surface area contributed by atoms with Crippen LogP contribution in [0.3, 0.4) is 0 Å². The Morgan fingerprint density at radius 1 is 0.957 bits per heavy atom. The number of sulfonamides is 1. The van der Waals surface area contributed by atoms with Crippen LogP contribution in [0.4, 0.5) is 10.1 Å². The zero-order valence-corrected chi connectivity index (χ0v) is 26.3. The van der Waals surface area contributed by atoms with E-state index >= 15 is 0 Å². The van der Waals surface area contributed by atoms with Crippen molar-refractivity contribution in [1.29, 1.82) is 0 Å². The second kappa shape index (κ2) is 14.5. The van der Waals surface area contributed by atoms with Crippen molar-refractivity contribution in [3.8, 4) is 22.3 Å². The van der Waals surface area contributed by atoms with E-state index in [9.17, 15) is 32.3 Å². The molecule has 0 aliphatic rings. The molecule has 12 heteroatoms. The highest BCUT2D eigenvalue weighted by Gasteiger charge is 2.30. The van der Waals surface area contributed by atoms with Crippen molar-refractivity contribution >= 4 is 39.4 Å². The molecule has 1 aromatic heterocycles. The molecule has 1 heterocycles. The molecule has 0 saturated heterocycles. The summed E-state index contributed by atoms with van der Waals surface area (Å²) in [5.74, 6) is -2.19. The highest BCUT2D eigenvalue weighted by molar-refractivity contribution is 7.89. The van der Waals surface area contributed by atoms with E-state index in [1.165, 1.54) is 55.7 Å². The van der Waals surface area contributed by atoms with Crippen molar-refractivity contribution in [1.82, 2.24) is 4.57 Å². The number of carbonyl (C=O) groups is 3. The number of nitrogens with one attached hydrogen (secondary N) is 1. The summed E-state index contributed by atoms with van der Waals surface area (Å²) in [5.41, 5.74) is 3.05. The number of nitrogens with two attached hydrogens (primary N) is 1. The third kappa shape index (κ3) is 8.02. The maximum atomic E-state index is 14.2. The molecule has 0 aliphatic heterocycles. The van der Waals surface area contributed by atoms with E-state index in [1.807, 2.05) is 32.0 Å². The second-order valence-electron chi connectivity index (χ2n) is 10.8. The molecule has 0 bridgehead atoms. The number of aliphatic hydroxyl groups excluding tert-OH is 1. The molecular formula is C34H34FN3O7S. The Bertz CT molecular complexity index is 1880. The average molecular weight is 648 g/mol. The number of aliphatic hydroxyl groups is 1. The number of benzene rings is 3. The Kier molecular flexibility index (Phi) is 10.7. The molecule has 0 unspecified atom stereocenters. The predicted molar refractivity (Wildman–Crippen MR) is 173 cm³/mol. The van der Waals surface area contributed by atoms with Gasteiger partial charge in [0.1, 0.15) is 11.5 Å². The molecule has 4 N–H and O–H groups in total. The summed E-state index contributed by atoms with van der Waals surface area (Å²) in [6, 6.07) is 19.9. The van der Waals surface area contributed by atoms with Crippen molar-refractivity contribution in [3.05, 3.63) is 102 Å². The minimum atomic E-state index is -4.04. The molecule has 0 radical (unpaired) electrons. The van der Waals surface area contributed by atoms with Gasteiger partial charge in [0, 0.05) is 29.3 Å². The van der Waals surface area contributed by atoms with E-state index in [4.69, 9.17) is 5.14 Å². The summed E-state index contributed by atoms with van der Waals surface area (Å²) in [6.07, 6.45) is 0.824. The number of primary sulfonamides is 1. The minimum Gasteiger partial charge on any atom is -0.469 e. The normalized spacial score (nSPS) is 12.3. The maximum Gasteiger partial charge on any atom is 0.308 e. The van der Waals surface area contributed by atoms with Crippen LogP contribution in [0.25, 0.3) is 28.3 Å². The van der Waals surface area contributed by atoms with Gasteiger partial charge in [0.15, 0.2) is 5.78 Å². The molecule has 1 atom stereocenters. The number of hydrogen-bond donors (Lipinski definition) is 3. The van der Waals surface area contributed by atoms with Gasteiger partial charge in [-0.1, -0.05) is 48.5 Å². The van der Waals surface area contributed by atoms with Crippen LogP contribution >= 0.6 is 0 Å². The monoisotopic (exact) mass is 647 g/mol. The number of hydrogen-bond acceptors (Lipinski definition) is 7. The van der Waals surface area contributed by atoms with Crippen LogP contribution in [-0.4, -0.2) is 49.0 Å². The number of methoxy groups -OCH3 is 1. The van der Waals surface area contributed by atoms with Crippen molar-refractivity contribution in [2.45, 2.75) is 43.7 Å². The SMILES string of the molecule is COC(=O)C[C@H](O)CC(=O)C=Cc1c(-c2ccc(F)cc2)c(-c2ccccc2)c(C(=O)Nc2cccc(S(N)(=O)=O)c2)n1C(C)C. The van der Waals surface area contributed by atoms with E-state index < -0.39 is 39.6 Å². The molecule has 240 valence electrons. The quantitative estimate of drug-likeness (QED) is 0.138. The first kappa shape index (κ1) is 34.0. The Morgan fingerprint density at radius 3 is 2.22 bits per heavy atom. The van der Waals surface area contributed by atoms with E-state index in [-0.39, 0.29) is 35.2 Å². The standard InChI is InChI=1S/C34H34FN3O7S/c1-21(2)38-29(17-16-26(39)19-27(40)20-30(41)45-3)31(23-12-14-24(35)15-13-23)32(22-8-5-4-6-9-22)33(38)34(42)37-25-10-7-11-28(18-25)46(36,43)44/h4-18,21,27,40H,19-20H2,1-3H3,(H,37,42)(H2,36,43,44)/t27-/m1/s1. The first-order valence-electron chi connectivity index (χ1n) is 14.3. The topological polar surface area (TPSA) is 158 Å². The van der Waals surface area contributed by atoms with E-state index in [0.717, 1.165) is 0 Å². The lowest BCUT2D eigenvalue weighted by atomic mass is 9.94. The molecule has 1 amide bonds. The van der Waals surface area contributed by atoms with Gasteiger partial charge in [-0.05, 0) is 67.5 Å². The Hall–Kier alpha value is -4.91. The van der Waals surface area contributed by atoms with Gasteiger partial charge in [-0.3, -0.25) is 14.4 Å². The van der Waals surface area contributed by atoms with Crippen LogP contribution in [0.15, 0.2) is 89.8 Å². The third-order valence-corrected chi connectivity index (χ3v) is 8.00. The number of ketones is 1. The molecule has 0 spiro atoms. The zero-order valence-electron chi connectivity index (χ0n) is 25.4. The molecular weight excluding hydrogens is 613 g/mol. The molecule has 3 aromatic carbocycles. The number of aromatic nitrogens is 1. The fourth-order valence-corrected chi connectivity index (χ4v) is 5.65. The van der Waals surface area contributed by atoms with E-state index in [1.54, 1.807) is 28.8 Å². The molecule has 46 heavy (non-hydrogen) atoms. The summed E-state index contributed by atoms with van der Waals surface area (Å²) < 4.78 is 44.3. The van der Waals surface area contributed by atoms with Gasteiger partial charge in [-0.2, -0.15) is 0 Å². The van der Waals surface area contributed by atoms with Crippen LogP contribution in [0, 0.1) is 5.82 Å². The molecule has 0 fully saturated rings. The number of esters is 1. The summed E-state index contributed by atoms with van der Waals surface area (Å²) >= 11 is 0. The van der Waals surface area contributed by atoms with Crippen molar-refractivity contribution in [2.24, 2.45) is 5.14 Å². The van der Waals surface area contributed by atoms with Gasteiger partial charge in [-0.25, -0.2) is 17.9 Å². The van der Waals surface area contributed by atoms with Gasteiger partial charge >= 0.3 is 5.97 Å². The number of halogens is 1. The number of carbonyl (C=O) groups excluding carboxylic acids is 3. The lowest BCUT2D eigenvalue weighted by Gasteiger charge is -2.17. The smallest absolute Gasteiger partial charge is 0.308 e. The predicted octanol–water partition coefficient (Wildman–Crippen LogP) is 5.34. The lowest BCUT2D eigenvalue weighted by Crippen LogP contribution is -2.20. The Morgan fingerprint density at radius 2 is 1.61 bits per heavy atom. The van der Waals surface area contributed by atoms with Crippen molar-refractivity contribution in [3.63, 3.8) is 0 Å². The number of rotatable bonds is 12. The van der Waals surface area contributed by atoms with Gasteiger partial charge < -0.3 is 19.7 Å². The molecule has 0 aliphatic carbocycles. The summed E-state index contributed by atoms with van der Waals surface area (Å²) in [5, 5.41) is 18.3. The molecule has 0 saturated carbocycles. The van der Waals surface area contributed by atoms with Gasteiger partial charge in [-0.15, -0.1) is 0 Å². The molecule has 4 rings (SSSR count). The summed E-state index contributed by atoms with van der Waals surface area (Å²) in [7, 11) is -2.86. The largest absolute Gasteiger partial charge is 0.469 e. The number of allylic oxidation sites excluding steroid dienone is 1. The Balaban J connectivity index is 1.95.